The number of fused-ring (bicyclic) bond motifs is 1. The molecule has 132 valence electrons. The number of halogens is 1. The minimum Gasteiger partial charge on any atom is -0.325 e. The summed E-state index contributed by atoms with van der Waals surface area (Å²) in [5.41, 5.74) is 0.106. The number of carbonyl (C=O) groups excluding carboxylic acids is 1. The predicted molar refractivity (Wildman–Crippen MR) is 98.3 cm³/mol. The molecule has 0 atom stereocenters. The van der Waals surface area contributed by atoms with Gasteiger partial charge in [0.1, 0.15) is 22.1 Å². The average Bonchev–Trinajstić information content (AvgIpc) is 2.94. The molecule has 0 bridgehead atoms. The van der Waals surface area contributed by atoms with E-state index < -0.39 is 17.1 Å². The van der Waals surface area contributed by atoms with Gasteiger partial charge < -0.3 is 10.3 Å². The van der Waals surface area contributed by atoms with Gasteiger partial charge in [-0.1, -0.05) is 6.07 Å². The van der Waals surface area contributed by atoms with E-state index in [-0.39, 0.29) is 27.4 Å². The smallest absolute Gasteiger partial charge is 0.325 e. The molecule has 0 fully saturated rings. The second-order valence-electron chi connectivity index (χ2n) is 5.28. The fourth-order valence-corrected chi connectivity index (χ4v) is 4.37. The highest BCUT2D eigenvalue weighted by Gasteiger charge is 2.17. The van der Waals surface area contributed by atoms with Gasteiger partial charge in [0.25, 0.3) is 5.56 Å². The Labute approximate surface area is 153 Å². The van der Waals surface area contributed by atoms with Crippen molar-refractivity contribution >= 4 is 44.9 Å². The number of thiophene rings is 1. The Hall–Kier alpha value is -2.90. The average molecular weight is 390 g/mol. The zero-order chi connectivity index (χ0) is 18.8. The van der Waals surface area contributed by atoms with Gasteiger partial charge in [-0.05, 0) is 24.6 Å². The molecule has 1 aromatic carbocycles. The van der Waals surface area contributed by atoms with E-state index in [1.165, 1.54) is 12.1 Å². The fraction of sp³-hybridized carbons (Fsp3) is 0.125. The monoisotopic (exact) mass is 390 g/mol. The number of thioether (sulfide) groups is 1. The number of amides is 1. The third-order valence-corrected chi connectivity index (χ3v) is 5.93. The van der Waals surface area contributed by atoms with Gasteiger partial charge in [-0.15, -0.1) is 23.1 Å². The number of aryl methyl sites for hydroxylation is 1. The summed E-state index contributed by atoms with van der Waals surface area (Å²) in [6.07, 6.45) is 0. The maximum Gasteiger partial charge on any atom is 0.326 e. The van der Waals surface area contributed by atoms with Crippen molar-refractivity contribution < 1.29 is 9.18 Å². The van der Waals surface area contributed by atoms with Crippen LogP contribution in [-0.2, 0) is 4.79 Å². The van der Waals surface area contributed by atoms with E-state index in [9.17, 15) is 24.0 Å². The summed E-state index contributed by atoms with van der Waals surface area (Å²) in [5.74, 6) is -0.884. The van der Waals surface area contributed by atoms with E-state index in [1.54, 1.807) is 13.0 Å². The van der Waals surface area contributed by atoms with Gasteiger partial charge in [0.05, 0.1) is 15.5 Å². The predicted octanol–water partition coefficient (Wildman–Crippen LogP) is 2.33. The molecule has 3 rings (SSSR count). The Morgan fingerprint density at radius 3 is 2.88 bits per heavy atom. The lowest BCUT2D eigenvalue weighted by atomic mass is 10.2. The Kier molecular flexibility index (Phi) is 4.92. The Bertz CT molecular complexity index is 1170. The van der Waals surface area contributed by atoms with Gasteiger partial charge in [-0.25, -0.2) is 9.18 Å². The lowest BCUT2D eigenvalue weighted by molar-refractivity contribution is -0.113. The van der Waals surface area contributed by atoms with E-state index in [2.05, 4.69) is 15.3 Å². The molecule has 0 unspecified atom stereocenters. The molecule has 10 heteroatoms. The Balaban J connectivity index is 1.81. The van der Waals surface area contributed by atoms with E-state index in [4.69, 9.17) is 0 Å². The van der Waals surface area contributed by atoms with Crippen molar-refractivity contribution in [2.45, 2.75) is 11.1 Å². The third-order valence-electron chi connectivity index (χ3n) is 3.47. The van der Waals surface area contributed by atoms with Gasteiger partial charge >= 0.3 is 5.69 Å². The molecular weight excluding hydrogens is 379 g/mol. The molecule has 0 radical (unpaired) electrons. The molecule has 2 aromatic heterocycles. The largest absolute Gasteiger partial charge is 0.326 e. The van der Waals surface area contributed by atoms with Crippen LogP contribution >= 0.6 is 23.1 Å². The highest BCUT2D eigenvalue weighted by atomic mass is 32.2. The van der Waals surface area contributed by atoms with Crippen molar-refractivity contribution in [2.75, 3.05) is 11.1 Å². The summed E-state index contributed by atoms with van der Waals surface area (Å²) in [6.45, 7) is 1.74. The molecule has 26 heavy (non-hydrogen) atoms. The molecule has 0 aliphatic rings. The number of anilines is 1. The van der Waals surface area contributed by atoms with Crippen LogP contribution in [-0.4, -0.2) is 21.6 Å². The van der Waals surface area contributed by atoms with Crippen molar-refractivity contribution in [3.05, 3.63) is 56.0 Å². The van der Waals surface area contributed by atoms with Crippen LogP contribution in [0, 0.1) is 24.1 Å². The summed E-state index contributed by atoms with van der Waals surface area (Å²) >= 11 is 2.09. The highest BCUT2D eigenvalue weighted by molar-refractivity contribution is 8.02. The molecule has 1 amide bonds. The molecule has 3 N–H and O–H groups in total. The topological polar surface area (TPSA) is 119 Å². The summed E-state index contributed by atoms with van der Waals surface area (Å²) < 4.78 is 13.9. The van der Waals surface area contributed by atoms with Gasteiger partial charge in [0.2, 0.25) is 5.91 Å². The molecule has 0 aliphatic heterocycles. The van der Waals surface area contributed by atoms with Crippen LogP contribution in [0.5, 0.6) is 0 Å². The number of H-pyrrole nitrogens is 2. The molecule has 0 spiro atoms. The van der Waals surface area contributed by atoms with Crippen molar-refractivity contribution in [3.63, 3.8) is 0 Å². The second kappa shape index (κ2) is 7.15. The molecule has 7 nitrogen and oxygen atoms in total. The fourth-order valence-electron chi connectivity index (χ4n) is 2.24. The summed E-state index contributed by atoms with van der Waals surface area (Å²) in [4.78, 5) is 39.9. The zero-order valence-corrected chi connectivity index (χ0v) is 14.9. The first-order valence-electron chi connectivity index (χ1n) is 7.27. The number of rotatable bonds is 4. The number of benzene rings is 1. The van der Waals surface area contributed by atoms with Crippen molar-refractivity contribution in [2.24, 2.45) is 0 Å². The number of aromatic nitrogens is 2. The summed E-state index contributed by atoms with van der Waals surface area (Å²) in [7, 11) is 0. The Morgan fingerprint density at radius 2 is 2.15 bits per heavy atom. The minimum atomic E-state index is -0.701. The van der Waals surface area contributed by atoms with Crippen LogP contribution < -0.4 is 16.6 Å². The van der Waals surface area contributed by atoms with Gasteiger partial charge in [-0.2, -0.15) is 5.26 Å². The number of aromatic amines is 2. The molecule has 3 aromatic rings. The molecule has 0 saturated heterocycles. The van der Waals surface area contributed by atoms with Crippen molar-refractivity contribution in [1.29, 1.82) is 5.26 Å². The zero-order valence-electron chi connectivity index (χ0n) is 13.3. The molecule has 0 aliphatic carbocycles. The molecule has 0 saturated carbocycles. The maximum atomic E-state index is 13.3. The highest BCUT2D eigenvalue weighted by Crippen LogP contribution is 2.34. The first-order valence-corrected chi connectivity index (χ1v) is 9.07. The minimum absolute atomic E-state index is 0.0421. The van der Waals surface area contributed by atoms with Gasteiger partial charge in [0.15, 0.2) is 0 Å². The van der Waals surface area contributed by atoms with Gasteiger partial charge in [0, 0.05) is 5.69 Å². The number of hydrogen-bond acceptors (Lipinski definition) is 6. The van der Waals surface area contributed by atoms with Crippen LogP contribution in [0.2, 0.25) is 0 Å². The number of hydrogen-bond donors (Lipinski definition) is 3. The lowest BCUT2D eigenvalue weighted by Gasteiger charge is -2.08. The van der Waals surface area contributed by atoms with Crippen LogP contribution in [0.4, 0.5) is 10.1 Å². The summed E-state index contributed by atoms with van der Waals surface area (Å²) in [6, 6.07) is 6.03. The lowest BCUT2D eigenvalue weighted by Crippen LogP contribution is -2.20. The van der Waals surface area contributed by atoms with Crippen molar-refractivity contribution in [3.8, 4) is 6.07 Å². The molecule has 2 heterocycles. The van der Waals surface area contributed by atoms with Crippen LogP contribution in [0.25, 0.3) is 10.2 Å². The normalized spacial score (nSPS) is 10.7. The molecular formula is C16H11FN4O3S2. The van der Waals surface area contributed by atoms with E-state index >= 15 is 0 Å². The third kappa shape index (κ3) is 3.54. The van der Waals surface area contributed by atoms with E-state index in [0.717, 1.165) is 23.1 Å². The standard InChI is InChI=1S/C16H11FN4O3S2/c1-7-2-3-8(17)4-10(7)19-11(22)6-25-15-9(5-18)12-13(26-15)14(23)21-16(24)20-12/h2-4H,6H2,1H3,(H,19,22)(H2,20,21,23,24). The quantitative estimate of drug-likeness (QED) is 0.591. The Morgan fingerprint density at radius 1 is 1.38 bits per heavy atom. The van der Waals surface area contributed by atoms with Crippen LogP contribution in [0.1, 0.15) is 11.1 Å². The summed E-state index contributed by atoms with van der Waals surface area (Å²) in [5, 5.41) is 11.9. The van der Waals surface area contributed by atoms with Crippen LogP contribution in [0.3, 0.4) is 0 Å². The number of carbonyl (C=O) groups is 1. The number of nitriles is 1. The van der Waals surface area contributed by atoms with Crippen LogP contribution in [0.15, 0.2) is 32.0 Å². The second-order valence-corrected chi connectivity index (χ2v) is 7.55. The van der Waals surface area contributed by atoms with Gasteiger partial charge in [-0.3, -0.25) is 14.6 Å². The number of nitrogens with zero attached hydrogens (tertiary/aromatic N) is 1. The maximum absolute atomic E-state index is 13.3. The van der Waals surface area contributed by atoms with E-state index in [1.807, 2.05) is 6.07 Å². The van der Waals surface area contributed by atoms with E-state index in [0.29, 0.717) is 15.5 Å². The van der Waals surface area contributed by atoms with Crippen molar-refractivity contribution in [1.82, 2.24) is 9.97 Å². The first kappa shape index (κ1) is 17.9. The SMILES string of the molecule is Cc1ccc(F)cc1NC(=O)CSc1sc2c(=O)[nH]c(=O)[nH]c2c1C#N. The first-order chi connectivity index (χ1) is 12.4. The number of nitrogens with one attached hydrogen (secondary N) is 3.